The minimum Gasteiger partial charge on any atom is -0.356 e. The largest absolute Gasteiger partial charge is 0.356 e. The van der Waals surface area contributed by atoms with Gasteiger partial charge in [-0.05, 0) is 55.5 Å². The Morgan fingerprint density at radius 1 is 1.16 bits per heavy atom. The van der Waals surface area contributed by atoms with Gasteiger partial charge in [0, 0.05) is 44.0 Å². The van der Waals surface area contributed by atoms with Crippen molar-refractivity contribution < 1.29 is 17.6 Å². The van der Waals surface area contributed by atoms with Crippen molar-refractivity contribution in [1.29, 1.82) is 5.26 Å². The fraction of sp³-hybridized carbons (Fsp3) is 0.435. The van der Waals surface area contributed by atoms with E-state index in [4.69, 9.17) is 5.26 Å². The van der Waals surface area contributed by atoms with E-state index < -0.39 is 15.7 Å². The molecule has 1 aromatic carbocycles. The summed E-state index contributed by atoms with van der Waals surface area (Å²) in [6, 6.07) is 9.73. The zero-order chi connectivity index (χ0) is 22.9. The summed E-state index contributed by atoms with van der Waals surface area (Å²) in [6.07, 6.45) is 5.22. The van der Waals surface area contributed by atoms with E-state index in [1.807, 2.05) is 11.0 Å². The highest BCUT2D eigenvalue weighted by Crippen LogP contribution is 2.30. The van der Waals surface area contributed by atoms with Gasteiger partial charge < -0.3 is 9.80 Å². The first kappa shape index (κ1) is 22.2. The van der Waals surface area contributed by atoms with E-state index in [9.17, 15) is 17.6 Å². The van der Waals surface area contributed by atoms with Crippen molar-refractivity contribution in [2.45, 2.75) is 36.6 Å². The lowest BCUT2D eigenvalue weighted by Crippen LogP contribution is -2.46. The van der Waals surface area contributed by atoms with Crippen molar-refractivity contribution in [2.24, 2.45) is 5.92 Å². The van der Waals surface area contributed by atoms with Crippen molar-refractivity contribution in [1.82, 2.24) is 9.88 Å². The Labute approximate surface area is 187 Å². The van der Waals surface area contributed by atoms with Crippen LogP contribution in [0.15, 0.2) is 41.4 Å². The lowest BCUT2D eigenvalue weighted by atomic mass is 9.97. The maximum Gasteiger partial charge on any atom is 0.226 e. The highest BCUT2D eigenvalue weighted by molar-refractivity contribution is 7.90. The second kappa shape index (κ2) is 8.87. The maximum absolute atomic E-state index is 14.4. The highest BCUT2D eigenvalue weighted by Gasteiger charge is 2.37. The maximum atomic E-state index is 14.4. The molecular formula is C23H25FN4O3S. The molecule has 32 heavy (non-hydrogen) atoms. The molecule has 0 unspecified atom stereocenters. The van der Waals surface area contributed by atoms with Crippen LogP contribution in [0.2, 0.25) is 0 Å². The summed E-state index contributed by atoms with van der Waals surface area (Å²) in [5.74, 6) is 0.0156. The third kappa shape index (κ3) is 4.60. The second-order valence-electron chi connectivity index (χ2n) is 8.48. The van der Waals surface area contributed by atoms with Crippen LogP contribution < -0.4 is 4.90 Å². The van der Waals surface area contributed by atoms with Crippen LogP contribution in [0.1, 0.15) is 30.4 Å². The van der Waals surface area contributed by atoms with Gasteiger partial charge >= 0.3 is 0 Å². The van der Waals surface area contributed by atoms with Crippen LogP contribution in [-0.2, 0) is 21.1 Å². The van der Waals surface area contributed by atoms with Gasteiger partial charge in [0.15, 0.2) is 9.84 Å². The number of rotatable bonds is 5. The van der Waals surface area contributed by atoms with E-state index in [1.54, 1.807) is 12.3 Å². The van der Waals surface area contributed by atoms with Gasteiger partial charge in [-0.3, -0.25) is 4.79 Å². The van der Waals surface area contributed by atoms with Crippen molar-refractivity contribution in [3.05, 3.63) is 53.5 Å². The van der Waals surface area contributed by atoms with E-state index in [0.29, 0.717) is 24.1 Å². The molecule has 1 atom stereocenters. The zero-order valence-electron chi connectivity index (χ0n) is 17.9. The van der Waals surface area contributed by atoms with Gasteiger partial charge in [0.1, 0.15) is 17.7 Å². The second-order valence-corrected chi connectivity index (χ2v) is 10.5. The monoisotopic (exact) mass is 456 g/mol. The van der Waals surface area contributed by atoms with Crippen LogP contribution in [0.25, 0.3) is 0 Å². The smallest absolute Gasteiger partial charge is 0.226 e. The summed E-state index contributed by atoms with van der Waals surface area (Å²) in [7, 11) is -3.47. The fourth-order valence-electron chi connectivity index (χ4n) is 4.55. The van der Waals surface area contributed by atoms with E-state index in [0.717, 1.165) is 44.1 Å². The summed E-state index contributed by atoms with van der Waals surface area (Å²) in [5, 5.41) is 8.91. The third-order valence-electron chi connectivity index (χ3n) is 6.38. The summed E-state index contributed by atoms with van der Waals surface area (Å²) in [5.41, 5.74) is 0.902. The number of likely N-dealkylation sites (tertiary alicyclic amines) is 1. The molecule has 0 aliphatic carbocycles. The highest BCUT2D eigenvalue weighted by atomic mass is 32.2. The number of piperidine rings is 1. The van der Waals surface area contributed by atoms with Gasteiger partial charge in [0.05, 0.1) is 10.5 Å². The molecule has 0 radical (unpaired) electrons. The number of benzene rings is 1. The quantitative estimate of drug-likeness (QED) is 0.686. The summed E-state index contributed by atoms with van der Waals surface area (Å²) in [6.45, 7) is 2.21. The molecule has 4 rings (SSSR count). The van der Waals surface area contributed by atoms with Crippen molar-refractivity contribution in [2.75, 3.05) is 30.8 Å². The number of carbonyl (C=O) groups excluding carboxylic acids is 1. The topological polar surface area (TPSA) is 94.4 Å². The van der Waals surface area contributed by atoms with E-state index >= 15 is 0 Å². The van der Waals surface area contributed by atoms with Crippen LogP contribution in [0.4, 0.5) is 10.2 Å². The zero-order valence-corrected chi connectivity index (χ0v) is 18.7. The first-order valence-corrected chi connectivity index (χ1v) is 12.6. The molecule has 1 amide bonds. The summed E-state index contributed by atoms with van der Waals surface area (Å²) >= 11 is 0. The third-order valence-corrected chi connectivity index (χ3v) is 7.49. The standard InChI is InChI=1S/C23H25FN4O3S/c1-32(30,31)20-4-3-17(21(24)13-20)12-18-6-11-28(23(18)29)19-7-9-27(10-8-19)22-5-2-16(14-25)15-26-22/h2-5,13,15,18-19H,6-12H2,1H3/t18-/m1/s1. The van der Waals surface area contributed by atoms with Crippen LogP contribution in [0.3, 0.4) is 0 Å². The average Bonchev–Trinajstić information content (AvgIpc) is 3.14. The van der Waals surface area contributed by atoms with Gasteiger partial charge in [-0.15, -0.1) is 0 Å². The minimum atomic E-state index is -3.47. The van der Waals surface area contributed by atoms with Crippen molar-refractivity contribution >= 4 is 21.6 Å². The molecule has 0 N–H and O–H groups in total. The predicted molar refractivity (Wildman–Crippen MR) is 117 cm³/mol. The summed E-state index contributed by atoms with van der Waals surface area (Å²) < 4.78 is 37.7. The molecule has 9 heteroatoms. The van der Waals surface area contributed by atoms with E-state index in [-0.39, 0.29) is 29.2 Å². The number of carbonyl (C=O) groups is 1. The summed E-state index contributed by atoms with van der Waals surface area (Å²) in [4.78, 5) is 21.4. The number of hydrogen-bond donors (Lipinski definition) is 0. The minimum absolute atomic E-state index is 0.0477. The van der Waals surface area contributed by atoms with Crippen molar-refractivity contribution in [3.8, 4) is 6.07 Å². The van der Waals surface area contributed by atoms with Gasteiger partial charge in [0.25, 0.3) is 0 Å². The van der Waals surface area contributed by atoms with Crippen molar-refractivity contribution in [3.63, 3.8) is 0 Å². The molecule has 2 saturated heterocycles. The molecule has 0 spiro atoms. The lowest BCUT2D eigenvalue weighted by Gasteiger charge is -2.37. The van der Waals surface area contributed by atoms with Gasteiger partial charge in [-0.25, -0.2) is 17.8 Å². The molecule has 168 valence electrons. The van der Waals surface area contributed by atoms with Crippen LogP contribution in [0.5, 0.6) is 0 Å². The first-order chi connectivity index (χ1) is 15.3. The number of hydrogen-bond acceptors (Lipinski definition) is 6. The lowest BCUT2D eigenvalue weighted by molar-refractivity contribution is -0.133. The molecule has 2 aliphatic heterocycles. The molecule has 2 fully saturated rings. The van der Waals surface area contributed by atoms with Crippen LogP contribution in [0, 0.1) is 23.1 Å². The molecule has 3 heterocycles. The number of aromatic nitrogens is 1. The van der Waals surface area contributed by atoms with Gasteiger partial charge in [0.2, 0.25) is 5.91 Å². The Morgan fingerprint density at radius 2 is 1.91 bits per heavy atom. The van der Waals surface area contributed by atoms with Gasteiger partial charge in [-0.2, -0.15) is 5.26 Å². The number of anilines is 1. The van der Waals surface area contributed by atoms with Gasteiger partial charge in [-0.1, -0.05) is 6.07 Å². The van der Waals surface area contributed by atoms with Crippen LogP contribution >= 0.6 is 0 Å². The van der Waals surface area contributed by atoms with E-state index in [2.05, 4.69) is 16.0 Å². The number of nitrogens with zero attached hydrogens (tertiary/aromatic N) is 4. The predicted octanol–water partition coefficient (Wildman–Crippen LogP) is 2.56. The Bertz CT molecular complexity index is 1150. The molecule has 0 saturated carbocycles. The Morgan fingerprint density at radius 3 is 2.50 bits per heavy atom. The Balaban J connectivity index is 1.35. The first-order valence-electron chi connectivity index (χ1n) is 10.7. The Hall–Kier alpha value is -2.99. The molecular weight excluding hydrogens is 431 g/mol. The Kier molecular flexibility index (Phi) is 6.15. The van der Waals surface area contributed by atoms with E-state index in [1.165, 1.54) is 12.1 Å². The van der Waals surface area contributed by atoms with Crippen LogP contribution in [-0.4, -0.2) is 56.1 Å². The molecule has 2 aliphatic rings. The number of pyridine rings is 1. The number of sulfone groups is 1. The molecule has 1 aromatic heterocycles. The molecule has 7 nitrogen and oxygen atoms in total. The normalized spacial score (nSPS) is 19.9. The molecule has 0 bridgehead atoms. The number of nitriles is 1. The SMILES string of the molecule is CS(=O)(=O)c1ccc(C[C@H]2CCN(C3CCN(c4ccc(C#N)cn4)CC3)C2=O)c(F)c1. The fourth-order valence-corrected chi connectivity index (χ4v) is 5.18. The number of amides is 1. The average molecular weight is 457 g/mol. The number of halogens is 1. The molecule has 2 aromatic rings.